The van der Waals surface area contributed by atoms with Crippen LogP contribution in [0.2, 0.25) is 0 Å². The first-order valence-electron chi connectivity index (χ1n) is 7.13. The molecule has 0 aliphatic heterocycles. The van der Waals surface area contributed by atoms with Gasteiger partial charge < -0.3 is 9.52 Å². The molecule has 100 valence electrons. The number of aliphatic hydroxyl groups is 1. The Labute approximate surface area is 114 Å². The maximum atomic E-state index is 10.4. The predicted molar refractivity (Wildman–Crippen MR) is 75.2 cm³/mol. The van der Waals surface area contributed by atoms with Crippen LogP contribution < -0.4 is 0 Å². The van der Waals surface area contributed by atoms with Crippen LogP contribution in [0.15, 0.2) is 41.0 Å². The Morgan fingerprint density at radius 3 is 2.53 bits per heavy atom. The van der Waals surface area contributed by atoms with Gasteiger partial charge in [-0.3, -0.25) is 0 Å². The van der Waals surface area contributed by atoms with Crippen LogP contribution in [0.1, 0.15) is 60.7 Å². The lowest BCUT2D eigenvalue weighted by molar-refractivity contribution is 0.217. The molecule has 19 heavy (non-hydrogen) atoms. The fraction of sp³-hybridized carbons (Fsp3) is 0.412. The summed E-state index contributed by atoms with van der Waals surface area (Å²) in [6.45, 7) is 2.04. The van der Waals surface area contributed by atoms with Crippen molar-refractivity contribution in [2.45, 2.75) is 44.6 Å². The molecule has 2 nitrogen and oxygen atoms in total. The van der Waals surface area contributed by atoms with E-state index >= 15 is 0 Å². The Balaban J connectivity index is 1.81. The molecule has 1 atom stereocenters. The van der Waals surface area contributed by atoms with Gasteiger partial charge in [0.25, 0.3) is 0 Å². The fourth-order valence-corrected chi connectivity index (χ4v) is 2.75. The molecule has 1 aromatic carbocycles. The number of rotatable bonds is 4. The van der Waals surface area contributed by atoms with Crippen LogP contribution in [-0.2, 0) is 6.42 Å². The predicted octanol–water partition coefficient (Wildman–Crippen LogP) is 4.19. The van der Waals surface area contributed by atoms with E-state index < -0.39 is 6.10 Å². The highest BCUT2D eigenvalue weighted by Crippen LogP contribution is 2.37. The van der Waals surface area contributed by atoms with E-state index in [1.54, 1.807) is 6.26 Å². The van der Waals surface area contributed by atoms with E-state index in [1.165, 1.54) is 24.8 Å². The Kier molecular flexibility index (Phi) is 3.43. The summed E-state index contributed by atoms with van der Waals surface area (Å²) < 4.78 is 5.38. The summed E-state index contributed by atoms with van der Waals surface area (Å²) in [6.07, 6.45) is 5.85. The summed E-state index contributed by atoms with van der Waals surface area (Å²) in [6, 6.07) is 10.3. The van der Waals surface area contributed by atoms with Crippen molar-refractivity contribution < 1.29 is 9.52 Å². The average Bonchev–Trinajstić information content (AvgIpc) is 2.85. The van der Waals surface area contributed by atoms with E-state index in [-0.39, 0.29) is 0 Å². The first-order valence-corrected chi connectivity index (χ1v) is 7.13. The van der Waals surface area contributed by atoms with Gasteiger partial charge in [0.05, 0.1) is 6.26 Å². The van der Waals surface area contributed by atoms with Gasteiger partial charge >= 0.3 is 0 Å². The maximum Gasteiger partial charge on any atom is 0.109 e. The molecule has 2 aromatic rings. The second kappa shape index (κ2) is 5.22. The molecule has 1 unspecified atom stereocenters. The van der Waals surface area contributed by atoms with Crippen LogP contribution in [0.4, 0.5) is 0 Å². The van der Waals surface area contributed by atoms with Gasteiger partial charge in [0.15, 0.2) is 0 Å². The molecule has 1 fully saturated rings. The average molecular weight is 256 g/mol. The fourth-order valence-electron chi connectivity index (χ4n) is 2.75. The van der Waals surface area contributed by atoms with Crippen molar-refractivity contribution in [2.24, 2.45) is 0 Å². The van der Waals surface area contributed by atoms with Crippen molar-refractivity contribution in [3.05, 3.63) is 59.0 Å². The third-order valence-electron chi connectivity index (χ3n) is 4.22. The summed E-state index contributed by atoms with van der Waals surface area (Å²) >= 11 is 0. The molecule has 0 amide bonds. The van der Waals surface area contributed by atoms with Gasteiger partial charge in [-0.2, -0.15) is 0 Å². The molecule has 2 heteroatoms. The van der Waals surface area contributed by atoms with E-state index in [9.17, 15) is 5.11 Å². The van der Waals surface area contributed by atoms with Crippen LogP contribution in [0.3, 0.4) is 0 Å². The lowest BCUT2D eigenvalue weighted by Crippen LogP contribution is -2.09. The summed E-state index contributed by atoms with van der Waals surface area (Å²) in [5.74, 6) is 1.61. The van der Waals surface area contributed by atoms with Crippen molar-refractivity contribution in [2.75, 3.05) is 0 Å². The van der Waals surface area contributed by atoms with Gasteiger partial charge in [-0.15, -0.1) is 0 Å². The Hall–Kier alpha value is -1.54. The quantitative estimate of drug-likeness (QED) is 0.889. The molecule has 1 N–H and O–H groups in total. The zero-order chi connectivity index (χ0) is 13.2. The highest BCUT2D eigenvalue weighted by Gasteiger charge is 2.20. The van der Waals surface area contributed by atoms with Crippen molar-refractivity contribution in [1.82, 2.24) is 0 Å². The maximum absolute atomic E-state index is 10.4. The normalized spacial score (nSPS) is 17.2. The minimum Gasteiger partial charge on any atom is -0.469 e. The number of aliphatic hydroxyl groups excluding tert-OH is 1. The van der Waals surface area contributed by atoms with Crippen LogP contribution in [0.5, 0.6) is 0 Å². The molecule has 3 rings (SSSR count). The largest absolute Gasteiger partial charge is 0.469 e. The van der Waals surface area contributed by atoms with E-state index in [0.717, 1.165) is 29.2 Å². The molecule has 0 bridgehead atoms. The number of hydrogen-bond donors (Lipinski definition) is 1. The number of hydrogen-bond acceptors (Lipinski definition) is 2. The van der Waals surface area contributed by atoms with Crippen molar-refractivity contribution >= 4 is 0 Å². The third-order valence-corrected chi connectivity index (χ3v) is 4.22. The molecule has 0 spiro atoms. The van der Waals surface area contributed by atoms with Crippen LogP contribution in [-0.4, -0.2) is 5.11 Å². The third kappa shape index (κ3) is 2.33. The lowest BCUT2D eigenvalue weighted by Gasteiger charge is -2.26. The molecule has 1 aliphatic carbocycles. The topological polar surface area (TPSA) is 33.4 Å². The highest BCUT2D eigenvalue weighted by molar-refractivity contribution is 5.34. The monoisotopic (exact) mass is 256 g/mol. The second-order valence-corrected chi connectivity index (χ2v) is 5.35. The van der Waals surface area contributed by atoms with E-state index in [4.69, 9.17) is 4.42 Å². The summed E-state index contributed by atoms with van der Waals surface area (Å²) in [7, 11) is 0. The van der Waals surface area contributed by atoms with E-state index in [1.807, 2.05) is 25.1 Å². The molecular weight excluding hydrogens is 236 g/mol. The molecule has 1 heterocycles. The Bertz CT molecular complexity index is 535. The molecule has 1 aromatic heterocycles. The van der Waals surface area contributed by atoms with Gasteiger partial charge in [-0.25, -0.2) is 0 Å². The standard InChI is InChI=1S/C17H20O2/c1-2-16-15(10-11-19-16)17(18)14-8-6-13(7-9-14)12-4-3-5-12/h6-12,17-18H,2-5H2,1H3. The molecule has 0 saturated heterocycles. The first-order chi connectivity index (χ1) is 9.29. The minimum atomic E-state index is -0.579. The van der Waals surface area contributed by atoms with Crippen molar-refractivity contribution in [1.29, 1.82) is 0 Å². The summed E-state index contributed by atoms with van der Waals surface area (Å²) in [5.41, 5.74) is 3.24. The van der Waals surface area contributed by atoms with Gasteiger partial charge in [0, 0.05) is 12.0 Å². The van der Waals surface area contributed by atoms with E-state index in [0.29, 0.717) is 0 Å². The van der Waals surface area contributed by atoms with Crippen LogP contribution >= 0.6 is 0 Å². The first kappa shape index (κ1) is 12.5. The molecule has 1 aliphatic rings. The summed E-state index contributed by atoms with van der Waals surface area (Å²) in [4.78, 5) is 0. The van der Waals surface area contributed by atoms with Crippen molar-refractivity contribution in [3.63, 3.8) is 0 Å². The van der Waals surface area contributed by atoms with Gasteiger partial charge in [0.2, 0.25) is 0 Å². The number of benzene rings is 1. The van der Waals surface area contributed by atoms with Gasteiger partial charge in [-0.1, -0.05) is 37.6 Å². The van der Waals surface area contributed by atoms with Crippen LogP contribution in [0.25, 0.3) is 0 Å². The van der Waals surface area contributed by atoms with Crippen molar-refractivity contribution in [3.8, 4) is 0 Å². The zero-order valence-corrected chi connectivity index (χ0v) is 11.3. The zero-order valence-electron chi connectivity index (χ0n) is 11.3. The Morgan fingerprint density at radius 2 is 1.95 bits per heavy atom. The smallest absolute Gasteiger partial charge is 0.109 e. The number of furan rings is 1. The van der Waals surface area contributed by atoms with Gasteiger partial charge in [-0.05, 0) is 36.0 Å². The lowest BCUT2D eigenvalue weighted by atomic mass is 9.80. The van der Waals surface area contributed by atoms with E-state index in [2.05, 4.69) is 12.1 Å². The SMILES string of the molecule is CCc1occc1C(O)c1ccc(C2CCC2)cc1. The second-order valence-electron chi connectivity index (χ2n) is 5.35. The Morgan fingerprint density at radius 1 is 1.21 bits per heavy atom. The van der Waals surface area contributed by atoms with Crippen LogP contribution in [0, 0.1) is 0 Å². The number of aryl methyl sites for hydroxylation is 1. The minimum absolute atomic E-state index is 0.579. The summed E-state index contributed by atoms with van der Waals surface area (Å²) in [5, 5.41) is 10.4. The van der Waals surface area contributed by atoms with Gasteiger partial charge in [0.1, 0.15) is 11.9 Å². The highest BCUT2D eigenvalue weighted by atomic mass is 16.3. The molecular formula is C17H20O2. The molecule has 1 saturated carbocycles. The molecule has 0 radical (unpaired) electrons.